The monoisotopic (exact) mass is 302 g/mol. The number of pyridine rings is 1. The van der Waals surface area contributed by atoms with Gasteiger partial charge in [0.1, 0.15) is 11.8 Å². The van der Waals surface area contributed by atoms with Gasteiger partial charge in [-0.3, -0.25) is 0 Å². The molecule has 1 saturated carbocycles. The fourth-order valence-corrected chi connectivity index (χ4v) is 2.56. The highest BCUT2D eigenvalue weighted by molar-refractivity contribution is 5.81. The van der Waals surface area contributed by atoms with Crippen molar-refractivity contribution in [2.45, 2.75) is 44.9 Å². The molecule has 0 aliphatic heterocycles. The minimum Gasteiger partial charge on any atom is -0.442 e. The van der Waals surface area contributed by atoms with Gasteiger partial charge in [0.25, 0.3) is 0 Å². The molecule has 0 radical (unpaired) electrons. The summed E-state index contributed by atoms with van der Waals surface area (Å²) in [5.41, 5.74) is 7.48. The second-order valence-corrected chi connectivity index (χ2v) is 5.76. The first-order chi connectivity index (χ1) is 10.7. The lowest BCUT2D eigenvalue weighted by atomic mass is 10.1. The lowest BCUT2D eigenvalue weighted by Gasteiger charge is -2.13. The molecule has 0 saturated heterocycles. The number of carbonyl (C=O) groups is 1. The summed E-state index contributed by atoms with van der Waals surface area (Å²) < 4.78 is 7.58. The van der Waals surface area contributed by atoms with Gasteiger partial charge in [0.15, 0.2) is 0 Å². The number of nitrogens with one attached hydrogen (secondary N) is 1. The highest BCUT2D eigenvalue weighted by atomic mass is 16.6. The lowest BCUT2D eigenvalue weighted by molar-refractivity contribution is 0.107. The van der Waals surface area contributed by atoms with Crippen molar-refractivity contribution in [3.05, 3.63) is 30.1 Å². The van der Waals surface area contributed by atoms with Gasteiger partial charge in [0, 0.05) is 35.9 Å². The van der Waals surface area contributed by atoms with E-state index < -0.39 is 0 Å². The predicted octanol–water partition coefficient (Wildman–Crippen LogP) is 2.33. The number of nitrogens with zero attached hydrogens (tertiary/aromatic N) is 2. The Balaban J connectivity index is 1.80. The molecule has 1 aliphatic rings. The topological polar surface area (TPSA) is 82.2 Å². The van der Waals surface area contributed by atoms with E-state index in [1.54, 1.807) is 6.20 Å². The first kappa shape index (κ1) is 14.8. The van der Waals surface area contributed by atoms with Crippen LogP contribution in [-0.4, -0.2) is 28.2 Å². The van der Waals surface area contributed by atoms with Gasteiger partial charge >= 0.3 is 6.09 Å². The van der Waals surface area contributed by atoms with Crippen molar-refractivity contribution < 1.29 is 9.53 Å². The molecule has 1 aliphatic carbocycles. The fraction of sp³-hybridized carbons (Fsp3) is 0.500. The molecule has 1 amide bonds. The molecule has 2 heterocycles. The molecule has 3 rings (SSSR count). The van der Waals surface area contributed by atoms with Crippen molar-refractivity contribution in [3.63, 3.8) is 0 Å². The molecule has 118 valence electrons. The summed E-state index contributed by atoms with van der Waals surface area (Å²) in [5, 5.41) is 3.86. The van der Waals surface area contributed by atoms with E-state index in [0.717, 1.165) is 42.4 Å². The summed E-state index contributed by atoms with van der Waals surface area (Å²) in [6.07, 6.45) is 6.11. The molecular weight excluding hydrogens is 280 g/mol. The molecule has 1 unspecified atom stereocenters. The highest BCUT2D eigenvalue weighted by Gasteiger charge is 2.25. The summed E-state index contributed by atoms with van der Waals surface area (Å²) in [6, 6.07) is 4.21. The van der Waals surface area contributed by atoms with Crippen LogP contribution in [0, 0.1) is 0 Å². The molecule has 6 nitrogen and oxygen atoms in total. The third kappa shape index (κ3) is 3.22. The fourth-order valence-electron chi connectivity index (χ4n) is 2.56. The van der Waals surface area contributed by atoms with Gasteiger partial charge in [0.2, 0.25) is 0 Å². The molecule has 6 heteroatoms. The largest absolute Gasteiger partial charge is 0.442 e. The second kappa shape index (κ2) is 6.36. The molecule has 1 atom stereocenters. The Morgan fingerprint density at radius 2 is 2.41 bits per heavy atom. The maximum atomic E-state index is 11.8. The second-order valence-electron chi connectivity index (χ2n) is 5.76. The number of amides is 1. The van der Waals surface area contributed by atoms with Gasteiger partial charge in [-0.25, -0.2) is 9.78 Å². The van der Waals surface area contributed by atoms with Crippen LogP contribution in [-0.2, 0) is 11.3 Å². The molecule has 0 bridgehead atoms. The Hall–Kier alpha value is -2.08. The van der Waals surface area contributed by atoms with Gasteiger partial charge in [0.05, 0.1) is 0 Å². The van der Waals surface area contributed by atoms with Crippen molar-refractivity contribution >= 4 is 17.1 Å². The van der Waals surface area contributed by atoms with Crippen molar-refractivity contribution in [1.82, 2.24) is 14.9 Å². The number of ether oxygens (including phenoxy) is 1. The zero-order valence-electron chi connectivity index (χ0n) is 12.8. The van der Waals surface area contributed by atoms with E-state index in [9.17, 15) is 4.79 Å². The van der Waals surface area contributed by atoms with E-state index in [1.807, 2.05) is 25.3 Å². The number of aromatic nitrogens is 2. The van der Waals surface area contributed by atoms with Gasteiger partial charge in [-0.15, -0.1) is 0 Å². The quantitative estimate of drug-likeness (QED) is 0.858. The number of alkyl carbamates (subject to hydrolysis) is 1. The van der Waals surface area contributed by atoms with Crippen molar-refractivity contribution in [3.8, 4) is 0 Å². The number of hydrogen-bond donors (Lipinski definition) is 2. The number of nitrogens with two attached hydrogens (primary N) is 1. The number of fused-ring (bicyclic) bond motifs is 1. The van der Waals surface area contributed by atoms with Crippen LogP contribution >= 0.6 is 0 Å². The smallest absolute Gasteiger partial charge is 0.407 e. The van der Waals surface area contributed by atoms with Crippen LogP contribution < -0.4 is 11.1 Å². The van der Waals surface area contributed by atoms with Crippen LogP contribution in [0.15, 0.2) is 24.5 Å². The van der Waals surface area contributed by atoms with Crippen LogP contribution in [0.3, 0.4) is 0 Å². The molecule has 0 aromatic carbocycles. The summed E-state index contributed by atoms with van der Waals surface area (Å²) in [6.45, 7) is 3.34. The molecule has 3 N–H and O–H groups in total. The SMILES string of the molecule is CC(OC(=O)NC1CC1)c1cn(CCCN)c2ncccc12. The summed E-state index contributed by atoms with van der Waals surface area (Å²) in [4.78, 5) is 16.3. The average molecular weight is 302 g/mol. The minimum atomic E-state index is -0.346. The van der Waals surface area contributed by atoms with E-state index in [2.05, 4.69) is 14.9 Å². The Bertz CT molecular complexity index is 663. The number of aryl methyl sites for hydroxylation is 1. The molecular formula is C16H22N4O2. The predicted molar refractivity (Wildman–Crippen MR) is 84.5 cm³/mol. The number of hydrogen-bond acceptors (Lipinski definition) is 4. The van der Waals surface area contributed by atoms with Crippen LogP contribution in [0.5, 0.6) is 0 Å². The van der Waals surface area contributed by atoms with Crippen LogP contribution in [0.4, 0.5) is 4.79 Å². The summed E-state index contributed by atoms with van der Waals surface area (Å²) >= 11 is 0. The maximum absolute atomic E-state index is 11.8. The summed E-state index contributed by atoms with van der Waals surface area (Å²) in [7, 11) is 0. The molecule has 2 aromatic heterocycles. The first-order valence-electron chi connectivity index (χ1n) is 7.80. The first-order valence-corrected chi connectivity index (χ1v) is 7.80. The van der Waals surface area contributed by atoms with E-state index in [1.165, 1.54) is 0 Å². The zero-order chi connectivity index (χ0) is 15.5. The Morgan fingerprint density at radius 3 is 3.14 bits per heavy atom. The zero-order valence-corrected chi connectivity index (χ0v) is 12.8. The lowest BCUT2D eigenvalue weighted by Crippen LogP contribution is -2.27. The van der Waals surface area contributed by atoms with E-state index in [4.69, 9.17) is 10.5 Å². The third-order valence-electron chi connectivity index (χ3n) is 3.89. The Labute approximate surface area is 129 Å². The van der Waals surface area contributed by atoms with Crippen molar-refractivity contribution in [1.29, 1.82) is 0 Å². The number of rotatable bonds is 6. The Morgan fingerprint density at radius 1 is 1.59 bits per heavy atom. The summed E-state index contributed by atoms with van der Waals surface area (Å²) in [5.74, 6) is 0. The van der Waals surface area contributed by atoms with Crippen LogP contribution in [0.1, 0.15) is 37.9 Å². The highest BCUT2D eigenvalue weighted by Crippen LogP contribution is 2.28. The van der Waals surface area contributed by atoms with Gasteiger partial charge in [-0.1, -0.05) is 0 Å². The normalized spacial score (nSPS) is 15.7. The van der Waals surface area contributed by atoms with Crippen molar-refractivity contribution in [2.24, 2.45) is 5.73 Å². The van der Waals surface area contributed by atoms with Crippen LogP contribution in [0.25, 0.3) is 11.0 Å². The van der Waals surface area contributed by atoms with E-state index in [0.29, 0.717) is 12.6 Å². The van der Waals surface area contributed by atoms with Gasteiger partial charge in [-0.2, -0.15) is 0 Å². The van der Waals surface area contributed by atoms with Gasteiger partial charge in [-0.05, 0) is 44.9 Å². The number of carbonyl (C=O) groups excluding carboxylic acids is 1. The maximum Gasteiger partial charge on any atom is 0.407 e. The van der Waals surface area contributed by atoms with Crippen molar-refractivity contribution in [2.75, 3.05) is 6.54 Å². The Kier molecular flexibility index (Phi) is 4.29. The molecule has 2 aromatic rings. The van der Waals surface area contributed by atoms with Crippen LogP contribution in [0.2, 0.25) is 0 Å². The minimum absolute atomic E-state index is 0.298. The molecule has 0 spiro atoms. The third-order valence-corrected chi connectivity index (χ3v) is 3.89. The van der Waals surface area contributed by atoms with E-state index >= 15 is 0 Å². The standard InChI is InChI=1S/C16H22N4O2/c1-11(22-16(21)19-12-5-6-12)14-10-20(9-3-7-17)15-13(14)4-2-8-18-15/h2,4,8,10-12H,3,5-7,9,17H2,1H3,(H,19,21). The molecule has 22 heavy (non-hydrogen) atoms. The van der Waals surface area contributed by atoms with E-state index in [-0.39, 0.29) is 12.2 Å². The molecule has 1 fully saturated rings. The van der Waals surface area contributed by atoms with Gasteiger partial charge < -0.3 is 20.4 Å². The average Bonchev–Trinajstić information content (AvgIpc) is 3.24.